The molecule has 1 saturated carbocycles. The molecule has 0 bridgehead atoms. The zero-order valence-corrected chi connectivity index (χ0v) is 9.24. The highest BCUT2D eigenvalue weighted by Crippen LogP contribution is 2.22. The number of amides is 1. The number of carbonyl (C=O) groups is 1. The Balaban J connectivity index is 1.98. The van der Waals surface area contributed by atoms with E-state index in [9.17, 15) is 9.18 Å². The predicted molar refractivity (Wildman–Crippen MR) is 59.0 cm³/mol. The number of nitrogens with one attached hydrogen (secondary N) is 1. The van der Waals surface area contributed by atoms with Gasteiger partial charge in [-0.05, 0) is 37.8 Å². The van der Waals surface area contributed by atoms with Gasteiger partial charge in [0, 0.05) is 18.4 Å². The smallest absolute Gasteiger partial charge is 0.253 e. The Morgan fingerprint density at radius 2 is 2.31 bits per heavy atom. The summed E-state index contributed by atoms with van der Waals surface area (Å²) < 4.78 is 12.9. The number of pyridine rings is 1. The summed E-state index contributed by atoms with van der Waals surface area (Å²) in [7, 11) is 0. The molecule has 1 heterocycles. The summed E-state index contributed by atoms with van der Waals surface area (Å²) in [5.74, 6) is -0.157. The van der Waals surface area contributed by atoms with Gasteiger partial charge < -0.3 is 5.32 Å². The van der Waals surface area contributed by atoms with E-state index < -0.39 is 6.17 Å². The number of aryl methyl sites for hydroxylation is 1. The Hall–Kier alpha value is -1.45. The van der Waals surface area contributed by atoms with Gasteiger partial charge in [0.1, 0.15) is 6.17 Å². The van der Waals surface area contributed by atoms with Gasteiger partial charge in [0.2, 0.25) is 0 Å². The molecule has 0 aromatic carbocycles. The van der Waals surface area contributed by atoms with E-state index in [0.29, 0.717) is 18.4 Å². The fraction of sp³-hybridized carbons (Fsp3) is 0.500. The average Bonchev–Trinajstić information content (AvgIpc) is 2.64. The van der Waals surface area contributed by atoms with Gasteiger partial charge in [-0.1, -0.05) is 0 Å². The van der Waals surface area contributed by atoms with Crippen molar-refractivity contribution >= 4 is 5.91 Å². The lowest BCUT2D eigenvalue weighted by atomic mass is 10.2. The van der Waals surface area contributed by atoms with Crippen LogP contribution in [0.15, 0.2) is 18.5 Å². The zero-order chi connectivity index (χ0) is 11.5. The standard InChI is InChI=1S/C12H15FN2O/c1-8-4-9(7-14-6-8)12(16)15-11-3-2-10(13)5-11/h4,6-7,10-11H,2-3,5H2,1H3,(H,15,16)/t10-,11-/m0/s1. The molecule has 0 unspecified atom stereocenters. The summed E-state index contributed by atoms with van der Waals surface area (Å²) in [5.41, 5.74) is 1.49. The monoisotopic (exact) mass is 222 g/mol. The van der Waals surface area contributed by atoms with Crippen molar-refractivity contribution in [2.24, 2.45) is 0 Å². The minimum absolute atomic E-state index is 0.0250. The van der Waals surface area contributed by atoms with Crippen LogP contribution in [0.1, 0.15) is 35.2 Å². The van der Waals surface area contributed by atoms with Crippen molar-refractivity contribution in [1.29, 1.82) is 0 Å². The third kappa shape index (κ3) is 2.56. The molecule has 1 amide bonds. The molecule has 0 saturated heterocycles. The summed E-state index contributed by atoms with van der Waals surface area (Å²) in [5, 5.41) is 2.83. The van der Waals surface area contributed by atoms with Gasteiger partial charge in [-0.25, -0.2) is 4.39 Å². The molecule has 0 radical (unpaired) electrons. The average molecular weight is 222 g/mol. The number of halogens is 1. The second-order valence-electron chi connectivity index (χ2n) is 4.33. The Morgan fingerprint density at radius 1 is 1.50 bits per heavy atom. The first kappa shape index (κ1) is 11.0. The number of nitrogens with zero attached hydrogens (tertiary/aromatic N) is 1. The van der Waals surface area contributed by atoms with Crippen LogP contribution in [0.2, 0.25) is 0 Å². The van der Waals surface area contributed by atoms with Crippen molar-refractivity contribution < 1.29 is 9.18 Å². The fourth-order valence-electron chi connectivity index (χ4n) is 2.01. The Morgan fingerprint density at radius 3 is 2.94 bits per heavy atom. The van der Waals surface area contributed by atoms with Crippen LogP contribution in [-0.2, 0) is 0 Å². The molecule has 0 aliphatic heterocycles. The molecule has 1 aromatic heterocycles. The van der Waals surface area contributed by atoms with Crippen molar-refractivity contribution in [3.63, 3.8) is 0 Å². The topological polar surface area (TPSA) is 42.0 Å². The Kier molecular flexibility index (Phi) is 3.17. The maximum Gasteiger partial charge on any atom is 0.253 e. The first-order valence-electron chi connectivity index (χ1n) is 5.52. The quantitative estimate of drug-likeness (QED) is 0.831. The van der Waals surface area contributed by atoms with Gasteiger partial charge in [-0.15, -0.1) is 0 Å². The third-order valence-electron chi connectivity index (χ3n) is 2.84. The Labute approximate surface area is 94.1 Å². The predicted octanol–water partition coefficient (Wildman–Crippen LogP) is 2.01. The highest BCUT2D eigenvalue weighted by Gasteiger charge is 2.25. The van der Waals surface area contributed by atoms with Gasteiger partial charge in [0.15, 0.2) is 0 Å². The lowest BCUT2D eigenvalue weighted by Crippen LogP contribution is -2.33. The highest BCUT2D eigenvalue weighted by atomic mass is 19.1. The SMILES string of the molecule is Cc1cncc(C(=O)N[C@H]2CC[C@H](F)C2)c1. The fourth-order valence-corrected chi connectivity index (χ4v) is 2.01. The molecule has 16 heavy (non-hydrogen) atoms. The Bertz CT molecular complexity index is 394. The second-order valence-corrected chi connectivity index (χ2v) is 4.33. The van der Waals surface area contributed by atoms with Crippen LogP contribution in [0.5, 0.6) is 0 Å². The number of rotatable bonds is 2. The van der Waals surface area contributed by atoms with E-state index in [1.165, 1.54) is 6.20 Å². The number of carbonyl (C=O) groups excluding carboxylic acids is 1. The summed E-state index contributed by atoms with van der Waals surface area (Å²) in [6, 6.07) is 1.76. The van der Waals surface area contributed by atoms with E-state index in [0.717, 1.165) is 12.0 Å². The maximum absolute atomic E-state index is 12.9. The molecular formula is C12H15FN2O. The second kappa shape index (κ2) is 4.60. The van der Waals surface area contributed by atoms with E-state index in [-0.39, 0.29) is 11.9 Å². The lowest BCUT2D eigenvalue weighted by Gasteiger charge is -2.11. The molecule has 1 aliphatic carbocycles. The minimum atomic E-state index is -0.763. The van der Waals surface area contributed by atoms with Crippen molar-refractivity contribution in [3.8, 4) is 0 Å². The molecule has 2 atom stereocenters. The first-order valence-corrected chi connectivity index (χ1v) is 5.52. The van der Waals surface area contributed by atoms with Gasteiger partial charge in [-0.2, -0.15) is 0 Å². The number of alkyl halides is 1. The summed E-state index contributed by atoms with van der Waals surface area (Å²) in [6.45, 7) is 1.89. The van der Waals surface area contributed by atoms with Crippen LogP contribution in [0, 0.1) is 6.92 Å². The summed E-state index contributed by atoms with van der Waals surface area (Å²) in [6.07, 6.45) is 4.18. The minimum Gasteiger partial charge on any atom is -0.349 e. The van der Waals surface area contributed by atoms with Crippen LogP contribution >= 0.6 is 0 Å². The van der Waals surface area contributed by atoms with E-state index in [2.05, 4.69) is 10.3 Å². The molecule has 0 spiro atoms. The molecule has 1 N–H and O–H groups in total. The largest absolute Gasteiger partial charge is 0.349 e. The number of hydrogen-bond acceptors (Lipinski definition) is 2. The van der Waals surface area contributed by atoms with Crippen molar-refractivity contribution in [2.75, 3.05) is 0 Å². The summed E-state index contributed by atoms with van der Waals surface area (Å²) >= 11 is 0. The van der Waals surface area contributed by atoms with Crippen LogP contribution in [0.25, 0.3) is 0 Å². The van der Waals surface area contributed by atoms with Crippen molar-refractivity contribution in [3.05, 3.63) is 29.6 Å². The summed E-state index contributed by atoms with van der Waals surface area (Å²) in [4.78, 5) is 15.7. The van der Waals surface area contributed by atoms with Crippen molar-refractivity contribution in [1.82, 2.24) is 10.3 Å². The molecule has 1 fully saturated rings. The van der Waals surface area contributed by atoms with Crippen LogP contribution in [0.4, 0.5) is 4.39 Å². The zero-order valence-electron chi connectivity index (χ0n) is 9.24. The maximum atomic E-state index is 12.9. The van der Waals surface area contributed by atoms with Crippen LogP contribution in [-0.4, -0.2) is 23.1 Å². The van der Waals surface area contributed by atoms with Gasteiger partial charge >= 0.3 is 0 Å². The normalized spacial score (nSPS) is 24.4. The van der Waals surface area contributed by atoms with E-state index in [4.69, 9.17) is 0 Å². The molecule has 1 aromatic rings. The van der Waals surface area contributed by atoms with Gasteiger partial charge in [0.05, 0.1) is 5.56 Å². The molecule has 4 heteroatoms. The number of aromatic nitrogens is 1. The van der Waals surface area contributed by atoms with Crippen LogP contribution < -0.4 is 5.32 Å². The molecular weight excluding hydrogens is 207 g/mol. The third-order valence-corrected chi connectivity index (χ3v) is 2.84. The molecule has 2 rings (SSSR count). The highest BCUT2D eigenvalue weighted by molar-refractivity contribution is 5.94. The lowest BCUT2D eigenvalue weighted by molar-refractivity contribution is 0.0936. The first-order chi connectivity index (χ1) is 7.65. The number of hydrogen-bond donors (Lipinski definition) is 1. The van der Waals surface area contributed by atoms with Gasteiger partial charge in [-0.3, -0.25) is 9.78 Å². The van der Waals surface area contributed by atoms with E-state index >= 15 is 0 Å². The van der Waals surface area contributed by atoms with Crippen molar-refractivity contribution in [2.45, 2.75) is 38.4 Å². The van der Waals surface area contributed by atoms with E-state index in [1.807, 2.05) is 6.92 Å². The molecule has 1 aliphatic rings. The van der Waals surface area contributed by atoms with Gasteiger partial charge in [0.25, 0.3) is 5.91 Å². The molecule has 86 valence electrons. The molecule has 3 nitrogen and oxygen atoms in total. The van der Waals surface area contributed by atoms with Crippen LogP contribution in [0.3, 0.4) is 0 Å². The van der Waals surface area contributed by atoms with E-state index in [1.54, 1.807) is 12.3 Å².